The van der Waals surface area contributed by atoms with Gasteiger partial charge >= 0.3 is 0 Å². The van der Waals surface area contributed by atoms with Crippen LogP contribution in [0.1, 0.15) is 43.5 Å². The molecule has 0 aliphatic carbocycles. The number of aromatic nitrogens is 3. The number of amides is 1. The molecule has 1 aliphatic heterocycles. The van der Waals surface area contributed by atoms with E-state index in [1.165, 1.54) is 5.56 Å². The molecule has 0 unspecified atom stereocenters. The molecule has 3 rings (SSSR count). The smallest absolute Gasteiger partial charge is 0.224 e. The number of piperidine rings is 1. The first-order valence-corrected chi connectivity index (χ1v) is 9.03. The second kappa shape index (κ2) is 8.76. The lowest BCUT2D eigenvalue weighted by atomic mass is 9.95. The quantitative estimate of drug-likeness (QED) is 0.725. The van der Waals surface area contributed by atoms with E-state index in [0.717, 1.165) is 38.3 Å². The number of nitrogens with zero attached hydrogens (tertiary/aromatic N) is 4. The van der Waals surface area contributed by atoms with Gasteiger partial charge in [-0.3, -0.25) is 9.78 Å². The molecule has 6 heteroatoms. The maximum atomic E-state index is 12.2. The third-order valence-electron chi connectivity index (χ3n) is 4.73. The summed E-state index contributed by atoms with van der Waals surface area (Å²) in [4.78, 5) is 22.8. The molecule has 1 fully saturated rings. The first-order valence-electron chi connectivity index (χ1n) is 9.03. The van der Waals surface area contributed by atoms with Gasteiger partial charge in [-0.2, -0.15) is 0 Å². The van der Waals surface area contributed by atoms with Gasteiger partial charge in [-0.05, 0) is 37.5 Å². The van der Waals surface area contributed by atoms with Crippen molar-refractivity contribution in [1.82, 2.24) is 19.4 Å². The van der Waals surface area contributed by atoms with Crippen LogP contribution in [0.3, 0.4) is 0 Å². The molecular weight excluding hydrogens is 316 g/mol. The number of hydrogen-bond donors (Lipinski definition) is 0. The summed E-state index contributed by atoms with van der Waals surface area (Å²) in [5, 5.41) is 0. The van der Waals surface area contributed by atoms with Crippen LogP contribution in [0.15, 0.2) is 36.9 Å². The fourth-order valence-corrected chi connectivity index (χ4v) is 3.35. The minimum Gasteiger partial charge on any atom is -0.381 e. The van der Waals surface area contributed by atoms with E-state index in [9.17, 15) is 4.79 Å². The number of ether oxygens (including phenoxy) is 1. The second-order valence-corrected chi connectivity index (χ2v) is 6.37. The molecule has 1 saturated heterocycles. The fourth-order valence-electron chi connectivity index (χ4n) is 3.35. The van der Waals surface area contributed by atoms with Crippen LogP contribution in [0, 0.1) is 0 Å². The van der Waals surface area contributed by atoms with E-state index in [2.05, 4.69) is 14.5 Å². The number of carbonyl (C=O) groups excluding carboxylic acids is 1. The summed E-state index contributed by atoms with van der Waals surface area (Å²) in [5.41, 5.74) is 1.22. The predicted molar refractivity (Wildman–Crippen MR) is 95.2 cm³/mol. The SMILES string of the molecule is CCOCCC(=O)N1CCC(c2nccn2Cc2ccncc2)CC1. The van der Waals surface area contributed by atoms with Gasteiger partial charge in [0.05, 0.1) is 13.0 Å². The summed E-state index contributed by atoms with van der Waals surface area (Å²) in [5.74, 6) is 1.73. The Kier molecular flexibility index (Phi) is 6.17. The van der Waals surface area contributed by atoms with Gasteiger partial charge in [-0.15, -0.1) is 0 Å². The van der Waals surface area contributed by atoms with Crippen LogP contribution >= 0.6 is 0 Å². The topological polar surface area (TPSA) is 60.2 Å². The molecule has 0 N–H and O–H groups in total. The molecule has 0 saturated carbocycles. The molecule has 2 aromatic rings. The molecule has 0 spiro atoms. The van der Waals surface area contributed by atoms with E-state index in [-0.39, 0.29) is 5.91 Å². The summed E-state index contributed by atoms with van der Waals surface area (Å²) in [6, 6.07) is 4.06. The maximum Gasteiger partial charge on any atom is 0.224 e. The van der Waals surface area contributed by atoms with Crippen LogP contribution in [0.5, 0.6) is 0 Å². The molecule has 1 amide bonds. The van der Waals surface area contributed by atoms with Crippen LogP contribution in [-0.4, -0.2) is 51.6 Å². The molecule has 3 heterocycles. The van der Waals surface area contributed by atoms with E-state index >= 15 is 0 Å². The van der Waals surface area contributed by atoms with E-state index in [4.69, 9.17) is 4.74 Å². The second-order valence-electron chi connectivity index (χ2n) is 6.37. The number of carbonyl (C=O) groups is 1. The van der Waals surface area contributed by atoms with Gasteiger partial charge < -0.3 is 14.2 Å². The van der Waals surface area contributed by atoms with Gasteiger partial charge in [-0.25, -0.2) is 4.98 Å². The van der Waals surface area contributed by atoms with Crippen molar-refractivity contribution in [3.05, 3.63) is 48.3 Å². The maximum absolute atomic E-state index is 12.2. The number of pyridine rings is 1. The molecule has 0 aromatic carbocycles. The highest BCUT2D eigenvalue weighted by Gasteiger charge is 2.26. The molecule has 0 atom stereocenters. The van der Waals surface area contributed by atoms with Crippen molar-refractivity contribution in [3.63, 3.8) is 0 Å². The minimum atomic E-state index is 0.201. The van der Waals surface area contributed by atoms with Crippen LogP contribution in [0.25, 0.3) is 0 Å². The molecule has 1 aliphatic rings. The Morgan fingerprint density at radius 1 is 1.24 bits per heavy atom. The molecule has 2 aromatic heterocycles. The number of imidazole rings is 1. The Balaban J connectivity index is 1.55. The Hall–Kier alpha value is -2.21. The summed E-state index contributed by atoms with van der Waals surface area (Å²) in [7, 11) is 0. The van der Waals surface area contributed by atoms with Crippen molar-refractivity contribution in [2.45, 2.75) is 38.6 Å². The lowest BCUT2D eigenvalue weighted by molar-refractivity contribution is -0.133. The van der Waals surface area contributed by atoms with Gasteiger partial charge in [0.25, 0.3) is 0 Å². The lowest BCUT2D eigenvalue weighted by Crippen LogP contribution is -2.38. The molecule has 134 valence electrons. The minimum absolute atomic E-state index is 0.201. The lowest BCUT2D eigenvalue weighted by Gasteiger charge is -2.32. The highest BCUT2D eigenvalue weighted by molar-refractivity contribution is 5.76. The third-order valence-corrected chi connectivity index (χ3v) is 4.73. The van der Waals surface area contributed by atoms with Crippen LogP contribution in [0.4, 0.5) is 0 Å². The van der Waals surface area contributed by atoms with Gasteiger partial charge in [0.1, 0.15) is 5.82 Å². The highest BCUT2D eigenvalue weighted by atomic mass is 16.5. The van der Waals surface area contributed by atoms with Crippen LogP contribution < -0.4 is 0 Å². The molecule has 25 heavy (non-hydrogen) atoms. The number of likely N-dealkylation sites (tertiary alicyclic amines) is 1. The largest absolute Gasteiger partial charge is 0.381 e. The first kappa shape index (κ1) is 17.6. The summed E-state index contributed by atoms with van der Waals surface area (Å²) in [6.45, 7) is 5.55. The fraction of sp³-hybridized carbons (Fsp3) is 0.526. The first-order chi connectivity index (χ1) is 12.3. The zero-order valence-electron chi connectivity index (χ0n) is 14.8. The normalized spacial score (nSPS) is 15.5. The Labute approximate surface area is 148 Å². The van der Waals surface area contributed by atoms with Gasteiger partial charge in [0.2, 0.25) is 5.91 Å². The Morgan fingerprint density at radius 3 is 2.72 bits per heavy atom. The zero-order chi connectivity index (χ0) is 17.5. The highest BCUT2D eigenvalue weighted by Crippen LogP contribution is 2.27. The van der Waals surface area contributed by atoms with E-state index < -0.39 is 0 Å². The monoisotopic (exact) mass is 342 g/mol. The summed E-state index contributed by atoms with van der Waals surface area (Å²) < 4.78 is 7.50. The zero-order valence-corrected chi connectivity index (χ0v) is 14.8. The average Bonchev–Trinajstić information content (AvgIpc) is 3.11. The molecule has 6 nitrogen and oxygen atoms in total. The van der Waals surface area contributed by atoms with E-state index in [0.29, 0.717) is 25.6 Å². The average molecular weight is 342 g/mol. The molecule has 0 bridgehead atoms. The van der Waals surface area contributed by atoms with Crippen molar-refractivity contribution >= 4 is 5.91 Å². The van der Waals surface area contributed by atoms with E-state index in [1.807, 2.05) is 48.7 Å². The van der Waals surface area contributed by atoms with Crippen molar-refractivity contribution in [3.8, 4) is 0 Å². The van der Waals surface area contributed by atoms with Crippen molar-refractivity contribution in [1.29, 1.82) is 0 Å². The van der Waals surface area contributed by atoms with Crippen molar-refractivity contribution < 1.29 is 9.53 Å². The van der Waals surface area contributed by atoms with Crippen molar-refractivity contribution in [2.24, 2.45) is 0 Å². The van der Waals surface area contributed by atoms with Crippen LogP contribution in [0.2, 0.25) is 0 Å². The number of rotatable bonds is 7. The third kappa shape index (κ3) is 4.66. The van der Waals surface area contributed by atoms with Crippen molar-refractivity contribution in [2.75, 3.05) is 26.3 Å². The summed E-state index contributed by atoms with van der Waals surface area (Å²) >= 11 is 0. The predicted octanol–water partition coefficient (Wildman–Crippen LogP) is 2.46. The Morgan fingerprint density at radius 2 is 2.00 bits per heavy atom. The molecular formula is C19H26N4O2. The van der Waals surface area contributed by atoms with Crippen LogP contribution in [-0.2, 0) is 16.1 Å². The van der Waals surface area contributed by atoms with E-state index in [1.54, 1.807) is 0 Å². The van der Waals surface area contributed by atoms with Gasteiger partial charge in [0, 0.05) is 56.9 Å². The van der Waals surface area contributed by atoms with Gasteiger partial charge in [0.15, 0.2) is 0 Å². The number of hydrogen-bond acceptors (Lipinski definition) is 4. The summed E-state index contributed by atoms with van der Waals surface area (Å²) in [6.07, 6.45) is 9.96. The standard InChI is InChI=1S/C19H26N4O2/c1-2-25-14-7-18(24)22-11-5-17(6-12-22)19-21-10-13-23(19)15-16-3-8-20-9-4-16/h3-4,8-10,13,17H,2,5-7,11-12,14-15H2,1H3. The molecule has 0 radical (unpaired) electrons. The Bertz CT molecular complexity index is 663. The van der Waals surface area contributed by atoms with Gasteiger partial charge in [-0.1, -0.05) is 0 Å².